The van der Waals surface area contributed by atoms with Crippen LogP contribution in [-0.4, -0.2) is 69.3 Å². The van der Waals surface area contributed by atoms with Crippen molar-refractivity contribution >= 4 is 15.9 Å². The zero-order chi connectivity index (χ0) is 20.5. The molecule has 1 amide bonds. The van der Waals surface area contributed by atoms with Crippen LogP contribution in [0.25, 0.3) is 0 Å². The summed E-state index contributed by atoms with van der Waals surface area (Å²) in [6.07, 6.45) is 1.94. The van der Waals surface area contributed by atoms with E-state index in [0.29, 0.717) is 51.4 Å². The van der Waals surface area contributed by atoms with Gasteiger partial charge < -0.3 is 4.90 Å². The Balaban J connectivity index is 1.58. The summed E-state index contributed by atoms with van der Waals surface area (Å²) in [7, 11) is -3.59. The molecular formula is C18H28N6O3S. The molecule has 0 aromatic carbocycles. The van der Waals surface area contributed by atoms with Gasteiger partial charge in [-0.25, -0.2) is 8.42 Å². The molecule has 28 heavy (non-hydrogen) atoms. The summed E-state index contributed by atoms with van der Waals surface area (Å²) < 4.78 is 30.8. The fourth-order valence-electron chi connectivity index (χ4n) is 3.49. The SMILES string of the molecule is CCn1cc(S(=O)(=O)N2CCN(C(=O)CCn3nc(C)cc3C)CC2)c(C)n1. The fourth-order valence-corrected chi connectivity index (χ4v) is 5.08. The molecule has 0 bridgehead atoms. The normalized spacial score (nSPS) is 15.9. The highest BCUT2D eigenvalue weighted by molar-refractivity contribution is 7.89. The molecule has 0 spiro atoms. The van der Waals surface area contributed by atoms with Crippen LogP contribution in [0.1, 0.15) is 30.4 Å². The topological polar surface area (TPSA) is 93.3 Å². The van der Waals surface area contributed by atoms with Crippen molar-refractivity contribution in [2.45, 2.75) is 52.1 Å². The second kappa shape index (κ2) is 8.04. The summed E-state index contributed by atoms with van der Waals surface area (Å²) in [6.45, 7) is 10.1. The van der Waals surface area contributed by atoms with Crippen LogP contribution in [0.15, 0.2) is 17.2 Å². The monoisotopic (exact) mass is 408 g/mol. The second-order valence-electron chi connectivity index (χ2n) is 7.12. The van der Waals surface area contributed by atoms with Crippen LogP contribution >= 0.6 is 0 Å². The molecule has 1 aliphatic heterocycles. The number of hydrogen-bond donors (Lipinski definition) is 0. The Morgan fingerprint density at radius 3 is 2.32 bits per heavy atom. The van der Waals surface area contributed by atoms with E-state index in [0.717, 1.165) is 11.4 Å². The molecule has 0 unspecified atom stereocenters. The Bertz CT molecular complexity index is 954. The van der Waals surface area contributed by atoms with Gasteiger partial charge in [0, 0.05) is 57.6 Å². The second-order valence-corrected chi connectivity index (χ2v) is 9.03. The molecule has 0 atom stereocenters. The van der Waals surface area contributed by atoms with Crippen molar-refractivity contribution in [3.63, 3.8) is 0 Å². The molecule has 1 fully saturated rings. The molecule has 1 aliphatic rings. The van der Waals surface area contributed by atoms with Crippen LogP contribution in [0.4, 0.5) is 0 Å². The molecule has 3 heterocycles. The minimum absolute atomic E-state index is 0.0274. The van der Waals surface area contributed by atoms with E-state index < -0.39 is 10.0 Å². The summed E-state index contributed by atoms with van der Waals surface area (Å²) >= 11 is 0. The Morgan fingerprint density at radius 1 is 1.11 bits per heavy atom. The van der Waals surface area contributed by atoms with Crippen molar-refractivity contribution in [3.8, 4) is 0 Å². The number of hydrogen-bond acceptors (Lipinski definition) is 5. The first-order valence-electron chi connectivity index (χ1n) is 9.55. The number of aryl methyl sites for hydroxylation is 5. The maximum Gasteiger partial charge on any atom is 0.246 e. The first kappa shape index (κ1) is 20.5. The Hall–Kier alpha value is -2.20. The highest BCUT2D eigenvalue weighted by Gasteiger charge is 2.32. The summed E-state index contributed by atoms with van der Waals surface area (Å²) in [4.78, 5) is 14.5. The summed E-state index contributed by atoms with van der Waals surface area (Å²) in [5.41, 5.74) is 2.47. The third kappa shape index (κ3) is 4.12. The van der Waals surface area contributed by atoms with Crippen LogP contribution < -0.4 is 0 Å². The molecule has 154 valence electrons. The number of rotatable bonds is 6. The van der Waals surface area contributed by atoms with Gasteiger partial charge in [0.05, 0.1) is 11.4 Å². The average molecular weight is 409 g/mol. The van der Waals surface area contributed by atoms with Gasteiger partial charge in [-0.2, -0.15) is 14.5 Å². The van der Waals surface area contributed by atoms with E-state index in [1.165, 1.54) is 4.31 Å². The predicted octanol–water partition coefficient (Wildman–Crippen LogP) is 0.948. The standard InChI is InChI=1S/C18H28N6O3S/c1-5-22-13-17(16(4)20-22)28(26,27)23-10-8-21(9-11-23)18(25)6-7-24-15(3)12-14(2)19-24/h12-13H,5-11H2,1-4H3. The van der Waals surface area contributed by atoms with E-state index in [-0.39, 0.29) is 10.8 Å². The molecule has 1 saturated heterocycles. The van der Waals surface area contributed by atoms with Crippen molar-refractivity contribution in [1.29, 1.82) is 0 Å². The number of carbonyl (C=O) groups excluding carboxylic acids is 1. The molecular weight excluding hydrogens is 380 g/mol. The molecule has 0 saturated carbocycles. The first-order valence-corrected chi connectivity index (χ1v) is 11.0. The number of amides is 1. The third-order valence-corrected chi connectivity index (χ3v) is 7.08. The molecule has 10 heteroatoms. The molecule has 0 aliphatic carbocycles. The van der Waals surface area contributed by atoms with Gasteiger partial charge in [0.25, 0.3) is 0 Å². The number of carbonyl (C=O) groups is 1. The lowest BCUT2D eigenvalue weighted by Crippen LogP contribution is -2.50. The van der Waals surface area contributed by atoms with Gasteiger partial charge in [-0.15, -0.1) is 0 Å². The zero-order valence-corrected chi connectivity index (χ0v) is 17.7. The molecule has 3 rings (SSSR count). The summed E-state index contributed by atoms with van der Waals surface area (Å²) in [5.74, 6) is 0.0274. The van der Waals surface area contributed by atoms with E-state index in [9.17, 15) is 13.2 Å². The van der Waals surface area contributed by atoms with E-state index >= 15 is 0 Å². The lowest BCUT2D eigenvalue weighted by molar-refractivity contribution is -0.132. The maximum absolute atomic E-state index is 12.9. The number of piperazine rings is 1. The molecule has 9 nitrogen and oxygen atoms in total. The largest absolute Gasteiger partial charge is 0.340 e. The summed E-state index contributed by atoms with van der Waals surface area (Å²) in [6, 6.07) is 1.98. The van der Waals surface area contributed by atoms with Crippen molar-refractivity contribution in [1.82, 2.24) is 28.8 Å². The van der Waals surface area contributed by atoms with Gasteiger partial charge >= 0.3 is 0 Å². The molecule has 0 radical (unpaired) electrons. The minimum Gasteiger partial charge on any atom is -0.340 e. The van der Waals surface area contributed by atoms with E-state index in [2.05, 4.69) is 10.2 Å². The maximum atomic E-state index is 12.9. The number of aromatic nitrogens is 4. The van der Waals surface area contributed by atoms with E-state index in [4.69, 9.17) is 0 Å². The van der Waals surface area contributed by atoms with Crippen LogP contribution in [0.5, 0.6) is 0 Å². The summed E-state index contributed by atoms with van der Waals surface area (Å²) in [5, 5.41) is 8.61. The van der Waals surface area contributed by atoms with Crippen molar-refractivity contribution in [2.75, 3.05) is 26.2 Å². The smallest absolute Gasteiger partial charge is 0.246 e. The van der Waals surface area contributed by atoms with Crippen molar-refractivity contribution in [2.24, 2.45) is 0 Å². The third-order valence-electron chi connectivity index (χ3n) is 5.08. The quantitative estimate of drug-likeness (QED) is 0.709. The Kier molecular flexibility index (Phi) is 5.90. The first-order chi connectivity index (χ1) is 13.2. The van der Waals surface area contributed by atoms with Crippen LogP contribution in [0.3, 0.4) is 0 Å². The fraction of sp³-hybridized carbons (Fsp3) is 0.611. The van der Waals surface area contributed by atoms with Crippen molar-refractivity contribution in [3.05, 3.63) is 29.3 Å². The van der Waals surface area contributed by atoms with Gasteiger partial charge in [0.1, 0.15) is 4.90 Å². The van der Waals surface area contributed by atoms with Crippen molar-refractivity contribution < 1.29 is 13.2 Å². The van der Waals surface area contributed by atoms with E-state index in [1.54, 1.807) is 22.7 Å². The molecule has 0 N–H and O–H groups in total. The number of nitrogens with zero attached hydrogens (tertiary/aromatic N) is 6. The Morgan fingerprint density at radius 2 is 1.79 bits per heavy atom. The van der Waals surface area contributed by atoms with Crippen LogP contribution in [0.2, 0.25) is 0 Å². The molecule has 2 aromatic heterocycles. The highest BCUT2D eigenvalue weighted by atomic mass is 32.2. The zero-order valence-electron chi connectivity index (χ0n) is 16.9. The number of sulfonamides is 1. The van der Waals surface area contributed by atoms with Gasteiger partial charge in [-0.1, -0.05) is 0 Å². The lowest BCUT2D eigenvalue weighted by Gasteiger charge is -2.34. The highest BCUT2D eigenvalue weighted by Crippen LogP contribution is 2.20. The Labute approximate surface area is 166 Å². The average Bonchev–Trinajstić information content (AvgIpc) is 3.21. The van der Waals surface area contributed by atoms with Crippen LogP contribution in [0, 0.1) is 20.8 Å². The van der Waals surface area contributed by atoms with Gasteiger partial charge in [-0.3, -0.25) is 14.2 Å². The minimum atomic E-state index is -3.59. The van der Waals surface area contributed by atoms with Gasteiger partial charge in [0.2, 0.25) is 15.9 Å². The van der Waals surface area contributed by atoms with E-state index in [1.807, 2.05) is 31.5 Å². The lowest BCUT2D eigenvalue weighted by atomic mass is 10.3. The predicted molar refractivity (Wildman–Crippen MR) is 104 cm³/mol. The molecule has 2 aromatic rings. The van der Waals surface area contributed by atoms with Gasteiger partial charge in [-0.05, 0) is 33.8 Å². The van der Waals surface area contributed by atoms with Gasteiger partial charge in [0.15, 0.2) is 0 Å². The van der Waals surface area contributed by atoms with Crippen LogP contribution in [-0.2, 0) is 27.9 Å².